The van der Waals surface area contributed by atoms with Gasteiger partial charge in [-0.3, -0.25) is 9.59 Å². The van der Waals surface area contributed by atoms with Gasteiger partial charge in [0, 0.05) is 30.3 Å². The lowest BCUT2D eigenvalue weighted by Crippen LogP contribution is -2.46. The van der Waals surface area contributed by atoms with Crippen LogP contribution in [0.5, 0.6) is 5.75 Å². The molecule has 1 heterocycles. The summed E-state index contributed by atoms with van der Waals surface area (Å²) < 4.78 is 5.17. The Morgan fingerprint density at radius 2 is 1.74 bits per heavy atom. The second kappa shape index (κ2) is 8.25. The van der Waals surface area contributed by atoms with Crippen LogP contribution in [-0.2, 0) is 0 Å². The number of hydrogen-bond donors (Lipinski definition) is 1. The van der Waals surface area contributed by atoms with E-state index in [4.69, 9.17) is 4.74 Å². The Morgan fingerprint density at radius 3 is 2.41 bits per heavy atom. The number of likely N-dealkylation sites (tertiary alicyclic amines) is 1. The Morgan fingerprint density at radius 1 is 1.00 bits per heavy atom. The smallest absolute Gasteiger partial charge is 0.253 e. The molecule has 1 fully saturated rings. The van der Waals surface area contributed by atoms with Crippen LogP contribution in [0.2, 0.25) is 0 Å². The molecule has 0 saturated carbocycles. The van der Waals surface area contributed by atoms with Crippen molar-refractivity contribution in [3.8, 4) is 5.75 Å². The van der Waals surface area contributed by atoms with Gasteiger partial charge >= 0.3 is 0 Å². The van der Waals surface area contributed by atoms with Gasteiger partial charge in [-0.15, -0.1) is 0 Å². The maximum Gasteiger partial charge on any atom is 0.253 e. The van der Waals surface area contributed by atoms with Crippen LogP contribution in [0, 0.1) is 13.8 Å². The van der Waals surface area contributed by atoms with Crippen LogP contribution in [0.1, 0.15) is 44.7 Å². The van der Waals surface area contributed by atoms with E-state index in [1.54, 1.807) is 25.3 Å². The van der Waals surface area contributed by atoms with Gasteiger partial charge < -0.3 is 15.0 Å². The summed E-state index contributed by atoms with van der Waals surface area (Å²) in [5.41, 5.74) is 3.63. The quantitative estimate of drug-likeness (QED) is 0.903. The van der Waals surface area contributed by atoms with Crippen LogP contribution < -0.4 is 10.1 Å². The van der Waals surface area contributed by atoms with Gasteiger partial charge in [0.15, 0.2) is 0 Å². The predicted octanol–water partition coefficient (Wildman–Crippen LogP) is 3.35. The van der Waals surface area contributed by atoms with Crippen LogP contribution >= 0.6 is 0 Å². The molecule has 2 aromatic rings. The number of carbonyl (C=O) groups excluding carboxylic acids is 2. The zero-order valence-corrected chi connectivity index (χ0v) is 16.1. The first-order chi connectivity index (χ1) is 13.0. The van der Waals surface area contributed by atoms with E-state index in [0.717, 1.165) is 24.0 Å². The van der Waals surface area contributed by atoms with E-state index in [2.05, 4.69) is 5.32 Å². The summed E-state index contributed by atoms with van der Waals surface area (Å²) in [5.74, 6) is 0.625. The van der Waals surface area contributed by atoms with E-state index in [9.17, 15) is 9.59 Å². The molecular weight excluding hydrogens is 340 g/mol. The molecule has 0 unspecified atom stereocenters. The van der Waals surface area contributed by atoms with Gasteiger partial charge in [-0.1, -0.05) is 12.1 Å². The minimum Gasteiger partial charge on any atom is -0.497 e. The maximum absolute atomic E-state index is 12.7. The third-order valence-corrected chi connectivity index (χ3v) is 5.20. The van der Waals surface area contributed by atoms with Gasteiger partial charge in [0.25, 0.3) is 11.8 Å². The van der Waals surface area contributed by atoms with Gasteiger partial charge in [0.2, 0.25) is 0 Å². The van der Waals surface area contributed by atoms with Crippen molar-refractivity contribution in [1.82, 2.24) is 10.2 Å². The SMILES string of the molecule is COc1cccc(C(=O)NC2CCN(C(=O)c3ccc(C)c(C)c3)CC2)c1. The van der Waals surface area contributed by atoms with Crippen molar-refractivity contribution in [3.63, 3.8) is 0 Å². The molecule has 27 heavy (non-hydrogen) atoms. The molecule has 1 aliphatic rings. The molecule has 2 amide bonds. The van der Waals surface area contributed by atoms with Crippen molar-refractivity contribution in [3.05, 3.63) is 64.7 Å². The molecule has 2 aromatic carbocycles. The molecule has 1 saturated heterocycles. The summed E-state index contributed by atoms with van der Waals surface area (Å²) in [6.07, 6.45) is 1.51. The number of piperidine rings is 1. The molecule has 1 N–H and O–H groups in total. The van der Waals surface area contributed by atoms with E-state index in [-0.39, 0.29) is 17.9 Å². The number of nitrogens with zero attached hydrogens (tertiary/aromatic N) is 1. The van der Waals surface area contributed by atoms with Crippen LogP contribution in [0.4, 0.5) is 0 Å². The third kappa shape index (κ3) is 4.48. The number of rotatable bonds is 4. The van der Waals surface area contributed by atoms with Gasteiger partial charge in [-0.25, -0.2) is 0 Å². The van der Waals surface area contributed by atoms with E-state index in [0.29, 0.717) is 24.4 Å². The lowest BCUT2D eigenvalue weighted by molar-refractivity contribution is 0.0698. The Balaban J connectivity index is 1.56. The van der Waals surface area contributed by atoms with Crippen LogP contribution in [0.15, 0.2) is 42.5 Å². The number of methoxy groups -OCH3 is 1. The Bertz CT molecular complexity index is 839. The Hall–Kier alpha value is -2.82. The second-order valence-corrected chi connectivity index (χ2v) is 7.07. The highest BCUT2D eigenvalue weighted by molar-refractivity contribution is 5.95. The summed E-state index contributed by atoms with van der Waals surface area (Å²) in [7, 11) is 1.58. The highest BCUT2D eigenvalue weighted by Crippen LogP contribution is 2.18. The van der Waals surface area contributed by atoms with Crippen molar-refractivity contribution in [1.29, 1.82) is 0 Å². The van der Waals surface area contributed by atoms with E-state index < -0.39 is 0 Å². The molecule has 0 spiro atoms. The number of aryl methyl sites for hydroxylation is 2. The predicted molar refractivity (Wildman–Crippen MR) is 105 cm³/mol. The zero-order chi connectivity index (χ0) is 19.4. The number of carbonyl (C=O) groups is 2. The first-order valence-electron chi connectivity index (χ1n) is 9.29. The molecule has 5 heteroatoms. The van der Waals surface area contributed by atoms with Crippen molar-refractivity contribution in [2.45, 2.75) is 32.7 Å². The highest BCUT2D eigenvalue weighted by Gasteiger charge is 2.25. The van der Waals surface area contributed by atoms with Crippen LogP contribution in [0.25, 0.3) is 0 Å². The van der Waals surface area contributed by atoms with Crippen molar-refractivity contribution >= 4 is 11.8 Å². The first-order valence-corrected chi connectivity index (χ1v) is 9.29. The minimum absolute atomic E-state index is 0.0654. The number of ether oxygens (including phenoxy) is 1. The second-order valence-electron chi connectivity index (χ2n) is 7.07. The number of hydrogen-bond acceptors (Lipinski definition) is 3. The fraction of sp³-hybridized carbons (Fsp3) is 0.364. The molecular formula is C22H26N2O3. The van der Waals surface area contributed by atoms with Crippen LogP contribution in [0.3, 0.4) is 0 Å². The van der Waals surface area contributed by atoms with Gasteiger partial charge in [-0.05, 0) is 68.1 Å². The topological polar surface area (TPSA) is 58.6 Å². The largest absolute Gasteiger partial charge is 0.497 e. The number of nitrogens with one attached hydrogen (secondary N) is 1. The average Bonchev–Trinajstić information content (AvgIpc) is 2.70. The minimum atomic E-state index is -0.104. The summed E-state index contributed by atoms with van der Waals surface area (Å²) in [6.45, 7) is 5.36. The number of benzene rings is 2. The summed E-state index contributed by atoms with van der Waals surface area (Å²) in [4.78, 5) is 27.0. The third-order valence-electron chi connectivity index (χ3n) is 5.20. The number of amides is 2. The molecule has 3 rings (SSSR count). The molecule has 142 valence electrons. The van der Waals surface area contributed by atoms with Gasteiger partial charge in [0.05, 0.1) is 7.11 Å². The van der Waals surface area contributed by atoms with Crippen molar-refractivity contribution in [2.24, 2.45) is 0 Å². The van der Waals surface area contributed by atoms with Crippen LogP contribution in [-0.4, -0.2) is 43.0 Å². The molecule has 5 nitrogen and oxygen atoms in total. The summed E-state index contributed by atoms with van der Waals surface area (Å²) in [6, 6.07) is 13.0. The fourth-order valence-electron chi connectivity index (χ4n) is 3.32. The Labute approximate surface area is 160 Å². The average molecular weight is 366 g/mol. The van der Waals surface area contributed by atoms with Crippen molar-refractivity contribution in [2.75, 3.05) is 20.2 Å². The van der Waals surface area contributed by atoms with Gasteiger partial charge in [0.1, 0.15) is 5.75 Å². The fourth-order valence-corrected chi connectivity index (χ4v) is 3.32. The normalized spacial score (nSPS) is 14.7. The molecule has 0 bridgehead atoms. The highest BCUT2D eigenvalue weighted by atomic mass is 16.5. The van der Waals surface area contributed by atoms with E-state index >= 15 is 0 Å². The standard InChI is InChI=1S/C22H26N2O3/c1-15-7-8-18(13-16(15)2)22(26)24-11-9-19(10-12-24)23-21(25)17-5-4-6-20(14-17)27-3/h4-8,13-14,19H,9-12H2,1-3H3,(H,23,25). The lowest BCUT2D eigenvalue weighted by atomic mass is 10.0. The zero-order valence-electron chi connectivity index (χ0n) is 16.1. The molecule has 0 aliphatic carbocycles. The van der Waals surface area contributed by atoms with E-state index in [1.807, 2.05) is 43.0 Å². The monoisotopic (exact) mass is 366 g/mol. The lowest BCUT2D eigenvalue weighted by Gasteiger charge is -2.32. The van der Waals surface area contributed by atoms with E-state index in [1.165, 1.54) is 5.56 Å². The molecule has 0 atom stereocenters. The molecule has 1 aliphatic heterocycles. The molecule has 0 radical (unpaired) electrons. The summed E-state index contributed by atoms with van der Waals surface area (Å²) >= 11 is 0. The van der Waals surface area contributed by atoms with Gasteiger partial charge in [-0.2, -0.15) is 0 Å². The first kappa shape index (κ1) is 19.0. The summed E-state index contributed by atoms with van der Waals surface area (Å²) in [5, 5.41) is 3.07. The van der Waals surface area contributed by atoms with Crippen molar-refractivity contribution < 1.29 is 14.3 Å². The molecule has 0 aromatic heterocycles. The maximum atomic E-state index is 12.7. The Kier molecular flexibility index (Phi) is 5.79.